The van der Waals surface area contributed by atoms with Gasteiger partial charge in [0, 0.05) is 25.6 Å². The Balaban J connectivity index is 0.00000243. The number of hydrogen-bond acceptors (Lipinski definition) is 6. The molecule has 0 bridgehead atoms. The first-order valence-electron chi connectivity index (χ1n) is 8.55. The van der Waals surface area contributed by atoms with Crippen LogP contribution in [0.5, 0.6) is 0 Å². The second kappa shape index (κ2) is 8.94. The molecule has 144 valence electrons. The van der Waals surface area contributed by atoms with Crippen LogP contribution in [-0.2, 0) is 16.4 Å². The number of sulfonamides is 1. The average Bonchev–Trinajstić information content (AvgIpc) is 3.11. The molecule has 1 fully saturated rings. The highest BCUT2D eigenvalue weighted by Gasteiger charge is 2.33. The molecule has 26 heavy (non-hydrogen) atoms. The van der Waals surface area contributed by atoms with Gasteiger partial charge in [0.05, 0.1) is 10.8 Å². The summed E-state index contributed by atoms with van der Waals surface area (Å²) in [6, 6.07) is 8.80. The lowest BCUT2D eigenvalue weighted by atomic mass is 10.00. The van der Waals surface area contributed by atoms with Crippen molar-refractivity contribution in [3.63, 3.8) is 0 Å². The lowest BCUT2D eigenvalue weighted by molar-refractivity contribution is 0.265. The fourth-order valence-corrected chi connectivity index (χ4v) is 4.54. The third kappa shape index (κ3) is 4.62. The molecule has 0 aliphatic carbocycles. The zero-order valence-corrected chi connectivity index (χ0v) is 16.6. The Kier molecular flexibility index (Phi) is 7.16. The Bertz CT molecular complexity index is 797. The van der Waals surface area contributed by atoms with Gasteiger partial charge in [0.2, 0.25) is 15.9 Å². The minimum atomic E-state index is -3.49. The van der Waals surface area contributed by atoms with E-state index >= 15 is 0 Å². The van der Waals surface area contributed by atoms with Crippen LogP contribution in [0.25, 0.3) is 0 Å². The fourth-order valence-electron chi connectivity index (χ4n) is 3.00. The van der Waals surface area contributed by atoms with Gasteiger partial charge < -0.3 is 9.84 Å². The van der Waals surface area contributed by atoms with Crippen molar-refractivity contribution in [1.29, 1.82) is 0 Å². The summed E-state index contributed by atoms with van der Waals surface area (Å²) in [7, 11) is -1.60. The van der Waals surface area contributed by atoms with E-state index in [1.807, 2.05) is 20.0 Å². The third-order valence-corrected chi connectivity index (χ3v) is 6.46. The van der Waals surface area contributed by atoms with Crippen LogP contribution in [0.2, 0.25) is 0 Å². The number of likely N-dealkylation sites (N-methyl/N-ethyl adjacent to an activating group) is 1. The number of nitrogens with zero attached hydrogens (tertiary/aromatic N) is 3. The number of nitrogens with one attached hydrogen (secondary N) is 1. The minimum Gasteiger partial charge on any atom is -0.339 e. The average molecular weight is 401 g/mol. The van der Waals surface area contributed by atoms with Crippen molar-refractivity contribution >= 4 is 22.4 Å². The van der Waals surface area contributed by atoms with Crippen LogP contribution in [0, 0.1) is 0 Å². The molecule has 1 N–H and O–H groups in total. The second-order valence-corrected chi connectivity index (χ2v) is 8.40. The van der Waals surface area contributed by atoms with Crippen molar-refractivity contribution in [3.8, 4) is 0 Å². The van der Waals surface area contributed by atoms with Crippen molar-refractivity contribution in [2.24, 2.45) is 0 Å². The van der Waals surface area contributed by atoms with Gasteiger partial charge in [-0.3, -0.25) is 0 Å². The van der Waals surface area contributed by atoms with Crippen molar-refractivity contribution in [2.75, 3.05) is 20.1 Å². The molecule has 1 aromatic carbocycles. The molecule has 0 radical (unpaired) electrons. The maximum Gasteiger partial charge on any atom is 0.243 e. The first kappa shape index (κ1) is 20.8. The Morgan fingerprint density at radius 1 is 1.35 bits per heavy atom. The Morgan fingerprint density at radius 2 is 2.08 bits per heavy atom. The maximum atomic E-state index is 12.8. The van der Waals surface area contributed by atoms with E-state index in [9.17, 15) is 8.42 Å². The third-order valence-electron chi connectivity index (χ3n) is 4.58. The number of halogens is 1. The zero-order chi connectivity index (χ0) is 17.9. The maximum absolute atomic E-state index is 12.8. The van der Waals surface area contributed by atoms with Crippen molar-refractivity contribution in [2.45, 2.75) is 43.0 Å². The molecular formula is C17H25ClN4O3S. The van der Waals surface area contributed by atoms with Gasteiger partial charge in [-0.05, 0) is 38.9 Å². The van der Waals surface area contributed by atoms with E-state index in [0.29, 0.717) is 36.1 Å². The molecule has 0 spiro atoms. The van der Waals surface area contributed by atoms with E-state index in [-0.39, 0.29) is 24.4 Å². The molecule has 1 saturated heterocycles. The fraction of sp³-hybridized carbons (Fsp3) is 0.529. The van der Waals surface area contributed by atoms with Gasteiger partial charge in [-0.15, -0.1) is 12.4 Å². The number of aromatic nitrogens is 2. The van der Waals surface area contributed by atoms with E-state index < -0.39 is 10.0 Å². The van der Waals surface area contributed by atoms with Gasteiger partial charge >= 0.3 is 0 Å². The molecule has 1 aromatic heterocycles. The second-order valence-electron chi connectivity index (χ2n) is 6.46. The normalized spacial score (nSPS) is 19.7. The van der Waals surface area contributed by atoms with Crippen LogP contribution >= 0.6 is 12.4 Å². The molecule has 0 amide bonds. The SMILES string of the molecule is CNC(C)Cc1noc(C2CCCN(S(=O)(=O)c3ccccc3)C2)n1.Cl. The molecule has 2 atom stereocenters. The Hall–Kier alpha value is -1.48. The summed E-state index contributed by atoms with van der Waals surface area (Å²) in [4.78, 5) is 4.80. The highest BCUT2D eigenvalue weighted by molar-refractivity contribution is 7.89. The van der Waals surface area contributed by atoms with Gasteiger partial charge in [-0.2, -0.15) is 9.29 Å². The summed E-state index contributed by atoms with van der Waals surface area (Å²) >= 11 is 0. The Morgan fingerprint density at radius 3 is 2.77 bits per heavy atom. The number of piperidine rings is 1. The van der Waals surface area contributed by atoms with E-state index in [0.717, 1.165) is 12.8 Å². The van der Waals surface area contributed by atoms with Crippen molar-refractivity contribution in [1.82, 2.24) is 19.8 Å². The standard InChI is InChI=1S/C17H24N4O3S.ClH/c1-13(18-2)11-16-19-17(24-20-16)14-7-6-10-21(12-14)25(22,23)15-8-4-3-5-9-15;/h3-5,8-9,13-14,18H,6-7,10-12H2,1-2H3;1H. The molecule has 7 nitrogen and oxygen atoms in total. The number of hydrogen-bond donors (Lipinski definition) is 1. The lowest BCUT2D eigenvalue weighted by Crippen LogP contribution is -2.39. The van der Waals surface area contributed by atoms with Gasteiger partial charge in [0.15, 0.2) is 5.82 Å². The molecule has 9 heteroatoms. The van der Waals surface area contributed by atoms with Crippen LogP contribution in [-0.4, -0.2) is 49.0 Å². The molecule has 1 aliphatic heterocycles. The summed E-state index contributed by atoms with van der Waals surface area (Å²) in [5.41, 5.74) is 0. The van der Waals surface area contributed by atoms with E-state index in [1.54, 1.807) is 24.3 Å². The van der Waals surface area contributed by atoms with Gasteiger partial charge in [-0.25, -0.2) is 8.42 Å². The van der Waals surface area contributed by atoms with E-state index in [1.165, 1.54) is 4.31 Å². The summed E-state index contributed by atoms with van der Waals surface area (Å²) in [6.07, 6.45) is 2.31. The largest absolute Gasteiger partial charge is 0.339 e. The van der Waals surface area contributed by atoms with E-state index in [4.69, 9.17) is 4.52 Å². The van der Waals surface area contributed by atoms with E-state index in [2.05, 4.69) is 15.5 Å². The first-order valence-corrected chi connectivity index (χ1v) is 9.99. The summed E-state index contributed by atoms with van der Waals surface area (Å²) in [6.45, 7) is 2.94. The predicted octanol–water partition coefficient (Wildman–Crippen LogP) is 2.21. The molecule has 3 rings (SSSR count). The van der Waals surface area contributed by atoms with Crippen molar-refractivity contribution in [3.05, 3.63) is 42.0 Å². The van der Waals surface area contributed by atoms with Gasteiger partial charge in [0.25, 0.3) is 0 Å². The first-order chi connectivity index (χ1) is 12.0. The van der Waals surface area contributed by atoms with Crippen LogP contribution in [0.15, 0.2) is 39.8 Å². The monoisotopic (exact) mass is 400 g/mol. The summed E-state index contributed by atoms with van der Waals surface area (Å²) in [5.74, 6) is 1.13. The smallest absolute Gasteiger partial charge is 0.243 e. The number of rotatable bonds is 6. The quantitative estimate of drug-likeness (QED) is 0.799. The predicted molar refractivity (Wildman–Crippen MR) is 101 cm³/mol. The van der Waals surface area contributed by atoms with Gasteiger partial charge in [-0.1, -0.05) is 23.4 Å². The summed E-state index contributed by atoms with van der Waals surface area (Å²) in [5, 5.41) is 7.17. The van der Waals surface area contributed by atoms with Crippen LogP contribution in [0.1, 0.15) is 37.4 Å². The van der Waals surface area contributed by atoms with Crippen molar-refractivity contribution < 1.29 is 12.9 Å². The molecule has 0 saturated carbocycles. The van der Waals surface area contributed by atoms with Crippen LogP contribution < -0.4 is 5.32 Å². The lowest BCUT2D eigenvalue weighted by Gasteiger charge is -2.30. The van der Waals surface area contributed by atoms with Crippen LogP contribution in [0.3, 0.4) is 0 Å². The summed E-state index contributed by atoms with van der Waals surface area (Å²) < 4.78 is 32.5. The molecule has 2 heterocycles. The molecule has 1 aliphatic rings. The molecule has 2 unspecified atom stereocenters. The number of benzene rings is 1. The van der Waals surface area contributed by atoms with Gasteiger partial charge in [0.1, 0.15) is 0 Å². The van der Waals surface area contributed by atoms with Crippen LogP contribution in [0.4, 0.5) is 0 Å². The molecule has 2 aromatic rings. The topological polar surface area (TPSA) is 88.3 Å². The minimum absolute atomic E-state index is 0. The molecular weight excluding hydrogens is 376 g/mol. The highest BCUT2D eigenvalue weighted by Crippen LogP contribution is 2.29. The Labute approximate surface area is 160 Å². The highest BCUT2D eigenvalue weighted by atomic mass is 35.5. The zero-order valence-electron chi connectivity index (χ0n) is 15.0.